The summed E-state index contributed by atoms with van der Waals surface area (Å²) in [5.41, 5.74) is 3.14. The van der Waals surface area contributed by atoms with Crippen LogP contribution in [0.3, 0.4) is 0 Å². The Balaban J connectivity index is 0.00000243. The van der Waals surface area contributed by atoms with Gasteiger partial charge in [-0.25, -0.2) is 0 Å². The molecule has 1 amide bonds. The van der Waals surface area contributed by atoms with Crippen molar-refractivity contribution in [3.05, 3.63) is 46.8 Å². The maximum Gasteiger partial charge on any atom is 0.227 e. The Labute approximate surface area is 160 Å². The van der Waals surface area contributed by atoms with E-state index in [0.29, 0.717) is 6.42 Å². The van der Waals surface area contributed by atoms with Gasteiger partial charge < -0.3 is 14.2 Å². The van der Waals surface area contributed by atoms with E-state index >= 15 is 0 Å². The number of halogens is 1. The Kier molecular flexibility index (Phi) is 7.06. The first-order chi connectivity index (χ1) is 12.1. The molecule has 6 nitrogen and oxygen atoms in total. The number of hydrogen-bond acceptors (Lipinski definition) is 5. The summed E-state index contributed by atoms with van der Waals surface area (Å²) < 4.78 is 10.4. The molecule has 0 spiro atoms. The van der Waals surface area contributed by atoms with Gasteiger partial charge in [0.1, 0.15) is 11.5 Å². The third kappa shape index (κ3) is 4.77. The van der Waals surface area contributed by atoms with Gasteiger partial charge in [-0.1, -0.05) is 17.3 Å². The molecular weight excluding hydrogens is 354 g/mol. The Bertz CT molecular complexity index is 703. The summed E-state index contributed by atoms with van der Waals surface area (Å²) in [4.78, 5) is 16.8. The highest BCUT2D eigenvalue weighted by Gasteiger charge is 2.22. The molecule has 7 heteroatoms. The number of carbonyl (C=O) groups is 1. The first kappa shape index (κ1) is 20.3. The van der Waals surface area contributed by atoms with Crippen molar-refractivity contribution in [3.63, 3.8) is 0 Å². The van der Waals surface area contributed by atoms with Crippen LogP contribution >= 0.6 is 12.4 Å². The summed E-state index contributed by atoms with van der Waals surface area (Å²) in [6, 6.07) is 7.68. The first-order valence-corrected chi connectivity index (χ1v) is 8.61. The summed E-state index contributed by atoms with van der Waals surface area (Å²) in [6.45, 7) is 8.03. The van der Waals surface area contributed by atoms with Crippen molar-refractivity contribution in [2.24, 2.45) is 0 Å². The van der Waals surface area contributed by atoms with Crippen LogP contribution in [0.15, 0.2) is 28.8 Å². The fraction of sp³-hybridized carbons (Fsp3) is 0.474. The number of ether oxygens (including phenoxy) is 1. The third-order valence-corrected chi connectivity index (χ3v) is 4.80. The van der Waals surface area contributed by atoms with E-state index in [1.807, 2.05) is 43.0 Å². The zero-order valence-corrected chi connectivity index (χ0v) is 16.3. The van der Waals surface area contributed by atoms with Crippen molar-refractivity contribution < 1.29 is 14.1 Å². The van der Waals surface area contributed by atoms with Crippen molar-refractivity contribution in [2.45, 2.75) is 26.8 Å². The lowest BCUT2D eigenvalue weighted by molar-refractivity contribution is -0.132. The van der Waals surface area contributed by atoms with E-state index in [-0.39, 0.29) is 18.3 Å². The SMILES string of the molecule is COc1ccc(CC(=O)N2CCN(Cc3c(C)noc3C)CC2)cc1.Cl. The zero-order chi connectivity index (χ0) is 17.8. The molecule has 3 rings (SSSR count). The number of piperazine rings is 1. The number of amides is 1. The monoisotopic (exact) mass is 379 g/mol. The van der Waals surface area contributed by atoms with Gasteiger partial charge in [0.25, 0.3) is 0 Å². The van der Waals surface area contributed by atoms with E-state index in [4.69, 9.17) is 9.26 Å². The lowest BCUT2D eigenvalue weighted by Gasteiger charge is -2.34. The molecule has 1 aromatic heterocycles. The van der Waals surface area contributed by atoms with Crippen LogP contribution in [-0.4, -0.2) is 54.2 Å². The van der Waals surface area contributed by atoms with Crippen LogP contribution in [-0.2, 0) is 17.8 Å². The molecule has 0 atom stereocenters. The maximum atomic E-state index is 12.5. The highest BCUT2D eigenvalue weighted by Crippen LogP contribution is 2.17. The average Bonchev–Trinajstić information content (AvgIpc) is 2.95. The van der Waals surface area contributed by atoms with E-state index in [1.165, 1.54) is 0 Å². The highest BCUT2D eigenvalue weighted by atomic mass is 35.5. The minimum absolute atomic E-state index is 0. The molecule has 2 aromatic rings. The number of methoxy groups -OCH3 is 1. The Morgan fingerprint density at radius 2 is 1.81 bits per heavy atom. The van der Waals surface area contributed by atoms with Crippen molar-refractivity contribution in [2.75, 3.05) is 33.3 Å². The summed E-state index contributed by atoms with van der Waals surface area (Å²) in [5.74, 6) is 1.88. The van der Waals surface area contributed by atoms with Crippen LogP contribution in [0.1, 0.15) is 22.6 Å². The summed E-state index contributed by atoms with van der Waals surface area (Å²) in [7, 11) is 1.64. The quantitative estimate of drug-likeness (QED) is 0.799. The van der Waals surface area contributed by atoms with E-state index in [1.54, 1.807) is 7.11 Å². The van der Waals surface area contributed by atoms with Gasteiger partial charge in [-0.3, -0.25) is 9.69 Å². The predicted molar refractivity (Wildman–Crippen MR) is 102 cm³/mol. The molecule has 0 saturated carbocycles. The molecule has 0 radical (unpaired) electrons. The minimum atomic E-state index is 0. The molecule has 26 heavy (non-hydrogen) atoms. The lowest BCUT2D eigenvalue weighted by Crippen LogP contribution is -2.48. The molecule has 0 N–H and O–H groups in total. The van der Waals surface area contributed by atoms with Crippen molar-refractivity contribution in [1.82, 2.24) is 15.0 Å². The Hall–Kier alpha value is -2.05. The molecule has 0 unspecified atom stereocenters. The van der Waals surface area contributed by atoms with Crippen LogP contribution in [0.25, 0.3) is 0 Å². The Morgan fingerprint density at radius 1 is 1.15 bits per heavy atom. The van der Waals surface area contributed by atoms with E-state index in [0.717, 1.165) is 61.1 Å². The van der Waals surface area contributed by atoms with Crippen molar-refractivity contribution in [1.29, 1.82) is 0 Å². The molecule has 0 aliphatic carbocycles. The number of rotatable bonds is 5. The third-order valence-electron chi connectivity index (χ3n) is 4.80. The fourth-order valence-corrected chi connectivity index (χ4v) is 3.14. The molecule has 1 fully saturated rings. The number of aryl methyl sites for hydroxylation is 2. The molecular formula is C19H26ClN3O3. The van der Waals surface area contributed by atoms with Gasteiger partial charge in [0.15, 0.2) is 0 Å². The van der Waals surface area contributed by atoms with Crippen LogP contribution in [0.4, 0.5) is 0 Å². The summed E-state index contributed by atoms with van der Waals surface area (Å²) in [6.07, 6.45) is 0.438. The molecule has 2 heterocycles. The molecule has 1 aromatic carbocycles. The van der Waals surface area contributed by atoms with Crippen LogP contribution in [0.5, 0.6) is 5.75 Å². The second-order valence-corrected chi connectivity index (χ2v) is 6.48. The topological polar surface area (TPSA) is 58.8 Å². The van der Waals surface area contributed by atoms with Gasteiger partial charge in [-0.15, -0.1) is 12.4 Å². The molecule has 1 aliphatic rings. The van der Waals surface area contributed by atoms with Crippen LogP contribution in [0, 0.1) is 13.8 Å². The molecule has 142 valence electrons. The average molecular weight is 380 g/mol. The maximum absolute atomic E-state index is 12.5. The van der Waals surface area contributed by atoms with E-state index < -0.39 is 0 Å². The zero-order valence-electron chi connectivity index (χ0n) is 15.5. The van der Waals surface area contributed by atoms with E-state index in [2.05, 4.69) is 10.1 Å². The van der Waals surface area contributed by atoms with Gasteiger partial charge in [0.2, 0.25) is 5.91 Å². The smallest absolute Gasteiger partial charge is 0.227 e. The molecule has 0 bridgehead atoms. The van der Waals surface area contributed by atoms with Crippen LogP contribution < -0.4 is 4.74 Å². The summed E-state index contributed by atoms with van der Waals surface area (Å²) in [5, 5.41) is 4.01. The van der Waals surface area contributed by atoms with Gasteiger partial charge >= 0.3 is 0 Å². The number of benzene rings is 1. The second kappa shape index (κ2) is 9.05. The van der Waals surface area contributed by atoms with Crippen molar-refractivity contribution in [3.8, 4) is 5.75 Å². The fourth-order valence-electron chi connectivity index (χ4n) is 3.14. The van der Waals surface area contributed by atoms with Gasteiger partial charge in [-0.2, -0.15) is 0 Å². The number of hydrogen-bond donors (Lipinski definition) is 0. The molecule has 1 aliphatic heterocycles. The minimum Gasteiger partial charge on any atom is -0.497 e. The normalized spacial score (nSPS) is 14.8. The first-order valence-electron chi connectivity index (χ1n) is 8.61. The van der Waals surface area contributed by atoms with E-state index in [9.17, 15) is 4.79 Å². The summed E-state index contributed by atoms with van der Waals surface area (Å²) >= 11 is 0. The number of carbonyl (C=O) groups excluding carboxylic acids is 1. The number of nitrogens with zero attached hydrogens (tertiary/aromatic N) is 3. The highest BCUT2D eigenvalue weighted by molar-refractivity contribution is 5.85. The van der Waals surface area contributed by atoms with Crippen molar-refractivity contribution >= 4 is 18.3 Å². The standard InChI is InChI=1S/C19H25N3O3.ClH/c1-14-18(15(2)25-20-14)13-21-8-10-22(11-9-21)19(23)12-16-4-6-17(24-3)7-5-16;/h4-7H,8-13H2,1-3H3;1H. The largest absolute Gasteiger partial charge is 0.497 e. The molecule has 1 saturated heterocycles. The Morgan fingerprint density at radius 3 is 2.35 bits per heavy atom. The lowest BCUT2D eigenvalue weighted by atomic mass is 10.1. The second-order valence-electron chi connectivity index (χ2n) is 6.48. The van der Waals surface area contributed by atoms with Gasteiger partial charge in [0.05, 0.1) is 19.2 Å². The van der Waals surface area contributed by atoms with Gasteiger partial charge in [-0.05, 0) is 31.5 Å². The van der Waals surface area contributed by atoms with Crippen LogP contribution in [0.2, 0.25) is 0 Å². The van der Waals surface area contributed by atoms with Gasteiger partial charge in [0, 0.05) is 38.3 Å². The predicted octanol–water partition coefficient (Wildman–Crippen LogP) is 2.61. The number of aromatic nitrogens is 1.